The van der Waals surface area contributed by atoms with E-state index in [0.29, 0.717) is 11.3 Å². The second-order valence-electron chi connectivity index (χ2n) is 6.85. The summed E-state index contributed by atoms with van der Waals surface area (Å²) in [7, 11) is 2.00. The van der Waals surface area contributed by atoms with Crippen LogP contribution in [0, 0.1) is 0 Å². The number of likely N-dealkylation sites (N-methyl/N-ethyl adjacent to an activating group) is 1. The highest BCUT2D eigenvalue weighted by atomic mass is 19.3. The monoisotopic (exact) mass is 393 g/mol. The molecule has 0 bridgehead atoms. The van der Waals surface area contributed by atoms with Gasteiger partial charge in [-0.2, -0.15) is 8.78 Å². The lowest BCUT2D eigenvalue weighted by atomic mass is 9.89. The van der Waals surface area contributed by atoms with Gasteiger partial charge in [-0.05, 0) is 35.4 Å². The summed E-state index contributed by atoms with van der Waals surface area (Å²) < 4.78 is 36.8. The maximum atomic E-state index is 12.9. The van der Waals surface area contributed by atoms with Gasteiger partial charge in [-0.3, -0.25) is 0 Å². The molecule has 1 aliphatic heterocycles. The van der Waals surface area contributed by atoms with Gasteiger partial charge >= 0.3 is 6.61 Å². The molecular weight excluding hydrogens is 372 g/mol. The molecule has 0 saturated carbocycles. The van der Waals surface area contributed by atoms with Crippen LogP contribution in [0.1, 0.15) is 17.2 Å². The van der Waals surface area contributed by atoms with Gasteiger partial charge in [0.25, 0.3) is 0 Å². The molecule has 1 atom stereocenters. The van der Waals surface area contributed by atoms with Crippen molar-refractivity contribution in [3.8, 4) is 22.6 Å². The number of anilines is 1. The standard InChI is InChI=1S/C24H21F2NO2/c1-3-15-27(2)17-13-11-16(12-14-17)23-19-8-5-4-7-18(19)22-20(28-23)9-6-10-21(22)29-24(25)26/h3-14,23-24H,1,15H2,2H3. The third-order valence-corrected chi connectivity index (χ3v) is 5.00. The van der Waals surface area contributed by atoms with E-state index < -0.39 is 6.61 Å². The molecule has 0 amide bonds. The van der Waals surface area contributed by atoms with Crippen LogP contribution in [-0.2, 0) is 0 Å². The van der Waals surface area contributed by atoms with Gasteiger partial charge in [-0.1, -0.05) is 48.5 Å². The van der Waals surface area contributed by atoms with Gasteiger partial charge < -0.3 is 14.4 Å². The molecule has 3 aromatic rings. The smallest absolute Gasteiger partial charge is 0.387 e. The fraction of sp³-hybridized carbons (Fsp3) is 0.167. The van der Waals surface area contributed by atoms with Crippen LogP contribution in [0.3, 0.4) is 0 Å². The first-order valence-electron chi connectivity index (χ1n) is 9.34. The SMILES string of the molecule is C=CCN(C)c1ccc(C2Oc3cccc(OC(F)F)c3-c3ccccc32)cc1. The highest BCUT2D eigenvalue weighted by Crippen LogP contribution is 2.49. The van der Waals surface area contributed by atoms with Crippen molar-refractivity contribution < 1.29 is 18.3 Å². The molecule has 1 heterocycles. The number of hydrogen-bond acceptors (Lipinski definition) is 3. The number of fused-ring (bicyclic) bond motifs is 3. The van der Waals surface area contributed by atoms with Crippen LogP contribution in [0.25, 0.3) is 11.1 Å². The lowest BCUT2D eigenvalue weighted by Gasteiger charge is -2.30. The zero-order chi connectivity index (χ0) is 20.4. The van der Waals surface area contributed by atoms with Gasteiger partial charge in [-0.15, -0.1) is 6.58 Å². The van der Waals surface area contributed by atoms with E-state index in [0.717, 1.165) is 28.9 Å². The van der Waals surface area contributed by atoms with Crippen molar-refractivity contribution in [1.82, 2.24) is 0 Å². The Labute approximate surface area is 168 Å². The molecule has 0 saturated heterocycles. The summed E-state index contributed by atoms with van der Waals surface area (Å²) in [5.74, 6) is 0.643. The topological polar surface area (TPSA) is 21.7 Å². The minimum atomic E-state index is -2.90. The number of alkyl halides is 2. The van der Waals surface area contributed by atoms with Crippen LogP contribution in [0.15, 0.2) is 79.4 Å². The van der Waals surface area contributed by atoms with E-state index in [2.05, 4.69) is 11.5 Å². The van der Waals surface area contributed by atoms with Gasteiger partial charge in [-0.25, -0.2) is 0 Å². The summed E-state index contributed by atoms with van der Waals surface area (Å²) in [6.45, 7) is 1.63. The van der Waals surface area contributed by atoms with Crippen LogP contribution in [0.2, 0.25) is 0 Å². The van der Waals surface area contributed by atoms with Crippen molar-refractivity contribution in [2.75, 3.05) is 18.5 Å². The van der Waals surface area contributed by atoms with E-state index in [1.165, 1.54) is 6.07 Å². The van der Waals surface area contributed by atoms with E-state index in [1.54, 1.807) is 12.1 Å². The molecule has 0 fully saturated rings. The first kappa shape index (κ1) is 19.0. The largest absolute Gasteiger partial charge is 0.480 e. The first-order valence-corrected chi connectivity index (χ1v) is 9.34. The van der Waals surface area contributed by atoms with E-state index >= 15 is 0 Å². The lowest BCUT2D eigenvalue weighted by molar-refractivity contribution is -0.0496. The summed E-state index contributed by atoms with van der Waals surface area (Å²) >= 11 is 0. The summed E-state index contributed by atoms with van der Waals surface area (Å²) in [6, 6.07) is 20.8. The van der Waals surface area contributed by atoms with E-state index in [1.807, 2.05) is 61.7 Å². The summed E-state index contributed by atoms with van der Waals surface area (Å²) in [4.78, 5) is 2.09. The fourth-order valence-corrected chi connectivity index (χ4v) is 3.66. The van der Waals surface area contributed by atoms with Crippen molar-refractivity contribution in [3.05, 3.63) is 90.5 Å². The Kier molecular flexibility index (Phi) is 5.21. The Bertz CT molecular complexity index is 1020. The molecule has 0 radical (unpaired) electrons. The Hall–Kier alpha value is -3.34. The highest BCUT2D eigenvalue weighted by molar-refractivity contribution is 5.81. The Balaban J connectivity index is 1.75. The molecule has 1 unspecified atom stereocenters. The third-order valence-electron chi connectivity index (χ3n) is 5.00. The molecular formula is C24H21F2NO2. The van der Waals surface area contributed by atoms with Gasteiger partial charge in [0, 0.05) is 24.8 Å². The molecule has 0 N–H and O–H groups in total. The minimum absolute atomic E-state index is 0.116. The predicted octanol–water partition coefficient (Wildman–Crippen LogP) is 6.06. The summed E-state index contributed by atoms with van der Waals surface area (Å²) in [5, 5.41) is 0. The first-order chi connectivity index (χ1) is 14.1. The predicted molar refractivity (Wildman–Crippen MR) is 111 cm³/mol. The molecule has 1 aliphatic rings. The van der Waals surface area contributed by atoms with Gasteiger partial charge in [0.1, 0.15) is 17.6 Å². The maximum Gasteiger partial charge on any atom is 0.387 e. The van der Waals surface area contributed by atoms with Crippen LogP contribution >= 0.6 is 0 Å². The van der Waals surface area contributed by atoms with Crippen molar-refractivity contribution in [1.29, 1.82) is 0 Å². The molecule has 0 aliphatic carbocycles. The van der Waals surface area contributed by atoms with E-state index in [9.17, 15) is 8.78 Å². The zero-order valence-electron chi connectivity index (χ0n) is 16.0. The minimum Gasteiger partial charge on any atom is -0.480 e. The summed E-state index contributed by atoms with van der Waals surface area (Å²) in [5.41, 5.74) is 4.37. The van der Waals surface area contributed by atoms with Crippen LogP contribution in [0.5, 0.6) is 11.5 Å². The quantitative estimate of drug-likeness (QED) is 0.475. The number of halogens is 2. The Morgan fingerprint density at radius 1 is 1.07 bits per heavy atom. The second-order valence-corrected chi connectivity index (χ2v) is 6.85. The fourth-order valence-electron chi connectivity index (χ4n) is 3.66. The normalized spacial score (nSPS) is 14.6. The summed E-state index contributed by atoms with van der Waals surface area (Å²) in [6.07, 6.45) is 1.52. The van der Waals surface area contributed by atoms with Crippen molar-refractivity contribution in [3.63, 3.8) is 0 Å². The zero-order valence-corrected chi connectivity index (χ0v) is 16.0. The number of hydrogen-bond donors (Lipinski definition) is 0. The molecule has 3 nitrogen and oxygen atoms in total. The molecule has 0 aromatic heterocycles. The molecule has 148 valence electrons. The van der Waals surface area contributed by atoms with Gasteiger partial charge in [0.15, 0.2) is 0 Å². The molecule has 3 aromatic carbocycles. The lowest BCUT2D eigenvalue weighted by Crippen LogP contribution is -2.18. The number of rotatable bonds is 6. The third kappa shape index (κ3) is 3.68. The van der Waals surface area contributed by atoms with Crippen LogP contribution < -0.4 is 14.4 Å². The number of benzene rings is 3. The highest BCUT2D eigenvalue weighted by Gasteiger charge is 2.30. The number of nitrogens with zero attached hydrogens (tertiary/aromatic N) is 1. The molecule has 0 spiro atoms. The number of ether oxygens (including phenoxy) is 2. The maximum absolute atomic E-state index is 12.9. The molecule has 5 heteroatoms. The van der Waals surface area contributed by atoms with Crippen molar-refractivity contribution >= 4 is 5.69 Å². The molecule has 29 heavy (non-hydrogen) atoms. The van der Waals surface area contributed by atoms with Gasteiger partial charge in [0.05, 0.1) is 5.56 Å². The molecule has 4 rings (SSSR count). The van der Waals surface area contributed by atoms with Crippen molar-refractivity contribution in [2.24, 2.45) is 0 Å². The average Bonchev–Trinajstić information content (AvgIpc) is 2.73. The van der Waals surface area contributed by atoms with Crippen LogP contribution in [0.4, 0.5) is 14.5 Å². The van der Waals surface area contributed by atoms with E-state index in [4.69, 9.17) is 9.47 Å². The van der Waals surface area contributed by atoms with Crippen molar-refractivity contribution in [2.45, 2.75) is 12.7 Å². The van der Waals surface area contributed by atoms with Gasteiger partial charge in [0.2, 0.25) is 0 Å². The Morgan fingerprint density at radius 3 is 2.55 bits per heavy atom. The Morgan fingerprint density at radius 2 is 1.83 bits per heavy atom. The van der Waals surface area contributed by atoms with E-state index in [-0.39, 0.29) is 11.9 Å². The van der Waals surface area contributed by atoms with Crippen LogP contribution in [-0.4, -0.2) is 20.2 Å². The average molecular weight is 393 g/mol. The second kappa shape index (κ2) is 7.95.